The van der Waals surface area contributed by atoms with E-state index >= 15 is 0 Å². The van der Waals surface area contributed by atoms with Gasteiger partial charge in [-0.2, -0.15) is 0 Å². The van der Waals surface area contributed by atoms with Crippen LogP contribution in [-0.4, -0.2) is 27.0 Å². The first-order valence-electron chi connectivity index (χ1n) is 9.46. The average Bonchev–Trinajstić information content (AvgIpc) is 2.41. The highest BCUT2D eigenvalue weighted by atomic mass is 28.4. The Morgan fingerprint density at radius 1 is 1.29 bits per heavy atom. The zero-order valence-electron chi connectivity index (χ0n) is 17.2. The molecule has 1 aliphatic carbocycles. The average molecular weight is 355 g/mol. The lowest BCUT2D eigenvalue weighted by Crippen LogP contribution is -2.49. The zero-order valence-corrected chi connectivity index (χ0v) is 18.2. The van der Waals surface area contributed by atoms with Crippen molar-refractivity contribution >= 4 is 14.3 Å². The van der Waals surface area contributed by atoms with Crippen LogP contribution in [0.2, 0.25) is 18.1 Å². The largest absolute Gasteiger partial charge is 0.463 e. The molecule has 0 bridgehead atoms. The first-order valence-corrected chi connectivity index (χ1v) is 12.4. The van der Waals surface area contributed by atoms with Crippen molar-refractivity contribution in [1.29, 1.82) is 0 Å². The predicted molar refractivity (Wildman–Crippen MR) is 104 cm³/mol. The summed E-state index contributed by atoms with van der Waals surface area (Å²) < 4.78 is 12.0. The minimum Gasteiger partial charge on any atom is -0.463 e. The van der Waals surface area contributed by atoms with Gasteiger partial charge in [-0.25, -0.2) is 4.79 Å². The van der Waals surface area contributed by atoms with Crippen LogP contribution < -0.4 is 0 Å². The summed E-state index contributed by atoms with van der Waals surface area (Å²) in [5.41, 5.74) is 1.14. The number of ether oxygens (including phenoxy) is 1. The molecule has 0 N–H and O–H groups in total. The SMILES string of the molecule is CCOC(=O)/C=C1/[C@H](C)CC[C@@H](C(C)C)[C@@H]1O[Si](C)(C)C(C)(C)C. The van der Waals surface area contributed by atoms with E-state index in [-0.39, 0.29) is 17.1 Å². The first-order chi connectivity index (χ1) is 10.9. The molecule has 0 aromatic carbocycles. The Kier molecular flexibility index (Phi) is 7.30. The van der Waals surface area contributed by atoms with Crippen molar-refractivity contribution in [3.05, 3.63) is 11.6 Å². The molecule has 0 saturated heterocycles. The summed E-state index contributed by atoms with van der Waals surface area (Å²) in [6.07, 6.45) is 4.04. The van der Waals surface area contributed by atoms with E-state index < -0.39 is 8.32 Å². The number of rotatable bonds is 5. The van der Waals surface area contributed by atoms with E-state index in [9.17, 15) is 4.79 Å². The minimum atomic E-state index is -1.91. The molecule has 140 valence electrons. The van der Waals surface area contributed by atoms with Gasteiger partial charge in [-0.05, 0) is 61.2 Å². The summed E-state index contributed by atoms with van der Waals surface area (Å²) >= 11 is 0. The molecule has 0 aromatic rings. The Morgan fingerprint density at radius 2 is 1.88 bits per heavy atom. The van der Waals surface area contributed by atoms with Crippen molar-refractivity contribution in [3.63, 3.8) is 0 Å². The molecular weight excluding hydrogens is 316 g/mol. The van der Waals surface area contributed by atoms with Crippen molar-refractivity contribution in [2.24, 2.45) is 17.8 Å². The number of esters is 1. The molecule has 0 aliphatic heterocycles. The van der Waals surface area contributed by atoms with E-state index in [1.54, 1.807) is 6.08 Å². The van der Waals surface area contributed by atoms with E-state index in [4.69, 9.17) is 9.16 Å². The van der Waals surface area contributed by atoms with Gasteiger partial charge in [0.2, 0.25) is 0 Å². The molecule has 3 atom stereocenters. The Morgan fingerprint density at radius 3 is 2.33 bits per heavy atom. The van der Waals surface area contributed by atoms with Gasteiger partial charge < -0.3 is 9.16 Å². The molecule has 24 heavy (non-hydrogen) atoms. The fraction of sp³-hybridized carbons (Fsp3) is 0.850. The van der Waals surface area contributed by atoms with Gasteiger partial charge in [-0.15, -0.1) is 0 Å². The van der Waals surface area contributed by atoms with E-state index in [0.29, 0.717) is 24.4 Å². The zero-order chi connectivity index (χ0) is 18.7. The lowest BCUT2D eigenvalue weighted by atomic mass is 9.72. The van der Waals surface area contributed by atoms with Gasteiger partial charge in [0.05, 0.1) is 12.7 Å². The molecule has 0 heterocycles. The molecule has 1 fully saturated rings. The molecule has 1 rings (SSSR count). The second-order valence-electron chi connectivity index (χ2n) is 9.08. The molecule has 1 aliphatic rings. The molecule has 0 aromatic heterocycles. The van der Waals surface area contributed by atoms with E-state index in [1.165, 1.54) is 0 Å². The Bertz CT molecular complexity index is 460. The van der Waals surface area contributed by atoms with Gasteiger partial charge in [-0.1, -0.05) is 41.5 Å². The summed E-state index contributed by atoms with van der Waals surface area (Å²) in [5, 5.41) is 0.157. The highest BCUT2D eigenvalue weighted by Crippen LogP contribution is 2.44. The number of hydrogen-bond donors (Lipinski definition) is 0. The molecule has 0 spiro atoms. The van der Waals surface area contributed by atoms with Crippen LogP contribution in [0.4, 0.5) is 0 Å². The Hall–Kier alpha value is -0.613. The highest BCUT2D eigenvalue weighted by Gasteiger charge is 2.44. The maximum Gasteiger partial charge on any atom is 0.330 e. The van der Waals surface area contributed by atoms with Gasteiger partial charge in [-0.3, -0.25) is 0 Å². The van der Waals surface area contributed by atoms with Crippen LogP contribution in [0.5, 0.6) is 0 Å². The van der Waals surface area contributed by atoms with Crippen molar-refractivity contribution in [2.45, 2.75) is 85.5 Å². The molecular formula is C20H38O3Si. The quantitative estimate of drug-likeness (QED) is 0.368. The summed E-state index contributed by atoms with van der Waals surface area (Å²) in [6.45, 7) is 20.4. The van der Waals surface area contributed by atoms with Crippen LogP contribution in [0.3, 0.4) is 0 Å². The third kappa shape index (κ3) is 5.19. The van der Waals surface area contributed by atoms with Gasteiger partial charge in [0, 0.05) is 6.08 Å². The maximum absolute atomic E-state index is 12.1. The first kappa shape index (κ1) is 21.4. The van der Waals surface area contributed by atoms with E-state index in [0.717, 1.165) is 18.4 Å². The third-order valence-electron chi connectivity index (χ3n) is 5.87. The number of carbonyl (C=O) groups is 1. The van der Waals surface area contributed by atoms with Crippen molar-refractivity contribution in [1.82, 2.24) is 0 Å². The Labute approximate surface area is 150 Å². The fourth-order valence-electron chi connectivity index (χ4n) is 3.17. The minimum absolute atomic E-state index is 0.0408. The summed E-state index contributed by atoms with van der Waals surface area (Å²) in [5.74, 6) is 1.15. The Balaban J connectivity index is 3.22. The predicted octanol–water partition coefficient (Wildman–Crippen LogP) is 5.57. The second kappa shape index (κ2) is 8.18. The maximum atomic E-state index is 12.1. The van der Waals surface area contributed by atoms with Gasteiger partial charge >= 0.3 is 5.97 Å². The standard InChI is InChI=1S/C20H38O3Si/c1-10-22-18(21)13-17-15(4)11-12-16(14(2)3)19(17)23-24(8,9)20(5,6)7/h13-16,19H,10-12H2,1-9H3/b17-13-/t15-,16+,19+/m1/s1. The van der Waals surface area contributed by atoms with Crippen LogP contribution in [-0.2, 0) is 14.0 Å². The normalized spacial score (nSPS) is 27.6. The third-order valence-corrected chi connectivity index (χ3v) is 10.3. The molecule has 0 radical (unpaired) electrons. The summed E-state index contributed by atoms with van der Waals surface area (Å²) in [7, 11) is -1.91. The van der Waals surface area contributed by atoms with Crippen molar-refractivity contribution in [3.8, 4) is 0 Å². The molecule has 1 saturated carbocycles. The van der Waals surface area contributed by atoms with Crippen molar-refractivity contribution in [2.75, 3.05) is 6.61 Å². The molecule has 3 nitrogen and oxygen atoms in total. The van der Waals surface area contributed by atoms with E-state index in [1.807, 2.05) is 6.92 Å². The van der Waals surface area contributed by atoms with Crippen LogP contribution in [0, 0.1) is 17.8 Å². The number of hydrogen-bond acceptors (Lipinski definition) is 3. The highest BCUT2D eigenvalue weighted by molar-refractivity contribution is 6.74. The molecule has 0 unspecified atom stereocenters. The van der Waals surface area contributed by atoms with Gasteiger partial charge in [0.15, 0.2) is 8.32 Å². The van der Waals surface area contributed by atoms with Crippen molar-refractivity contribution < 1.29 is 14.0 Å². The number of carbonyl (C=O) groups excluding carboxylic acids is 1. The second-order valence-corrected chi connectivity index (χ2v) is 13.8. The monoisotopic (exact) mass is 354 g/mol. The summed E-state index contributed by atoms with van der Waals surface area (Å²) in [4.78, 5) is 12.1. The van der Waals surface area contributed by atoms with Crippen LogP contribution in [0.15, 0.2) is 11.6 Å². The summed E-state index contributed by atoms with van der Waals surface area (Å²) in [6, 6.07) is 0. The van der Waals surface area contributed by atoms with E-state index in [2.05, 4.69) is 54.6 Å². The molecule has 4 heteroatoms. The lowest BCUT2D eigenvalue weighted by Gasteiger charge is -2.46. The van der Waals surface area contributed by atoms with Crippen LogP contribution in [0.25, 0.3) is 0 Å². The fourth-order valence-corrected chi connectivity index (χ4v) is 4.46. The topological polar surface area (TPSA) is 35.5 Å². The van der Waals surface area contributed by atoms with Crippen LogP contribution in [0.1, 0.15) is 61.3 Å². The molecule has 0 amide bonds. The van der Waals surface area contributed by atoms with Gasteiger partial charge in [0.25, 0.3) is 0 Å². The van der Waals surface area contributed by atoms with Gasteiger partial charge in [0.1, 0.15) is 0 Å². The lowest BCUT2D eigenvalue weighted by molar-refractivity contribution is -0.137. The van der Waals surface area contributed by atoms with Crippen LogP contribution >= 0.6 is 0 Å². The smallest absolute Gasteiger partial charge is 0.330 e.